The number of fused-ring (bicyclic) bond motifs is 1. The number of rotatable bonds is 0. The van der Waals surface area contributed by atoms with Gasteiger partial charge in [0.05, 0.1) is 10.9 Å². The molecule has 0 aliphatic heterocycles. The molecule has 2 aromatic rings. The fourth-order valence-corrected chi connectivity index (χ4v) is 0.969. The van der Waals surface area contributed by atoms with E-state index in [9.17, 15) is 4.79 Å². The molecule has 0 fully saturated rings. The van der Waals surface area contributed by atoms with Crippen molar-refractivity contribution >= 4 is 10.9 Å². The Morgan fingerprint density at radius 1 is 1.50 bits per heavy atom. The third-order valence-electron chi connectivity index (χ3n) is 1.56. The zero-order valence-electron chi connectivity index (χ0n) is 6.01. The summed E-state index contributed by atoms with van der Waals surface area (Å²) in [5.74, 6) is 0. The van der Waals surface area contributed by atoms with E-state index in [0.29, 0.717) is 15.6 Å². The first-order valence-corrected chi connectivity index (χ1v) is 3.29. The average molecular weight is 163 g/mol. The van der Waals surface area contributed by atoms with Gasteiger partial charge in [0.25, 0.3) is 5.56 Å². The zero-order chi connectivity index (χ0) is 8.55. The third-order valence-corrected chi connectivity index (χ3v) is 1.56. The molecule has 0 spiro atoms. The molecule has 2 aromatic heterocycles. The molecule has 0 saturated heterocycles. The average Bonchev–Trinajstić information content (AvgIpc) is 2.12. The van der Waals surface area contributed by atoms with Crippen molar-refractivity contribution in [3.63, 3.8) is 0 Å². The summed E-state index contributed by atoms with van der Waals surface area (Å²) < 4.78 is 0.506. The van der Waals surface area contributed by atoms with Crippen LogP contribution in [0, 0.1) is 0 Å². The maximum absolute atomic E-state index is 11.2. The number of nitrogens with zero attached hydrogens (tertiary/aromatic N) is 3. The largest absolute Gasteiger partial charge is 0.425 e. The van der Waals surface area contributed by atoms with E-state index in [4.69, 9.17) is 5.21 Å². The van der Waals surface area contributed by atoms with Crippen molar-refractivity contribution in [2.45, 2.75) is 0 Å². The minimum Gasteiger partial charge on any atom is -0.425 e. The molecule has 0 aliphatic carbocycles. The standard InChI is InChI=1S/C7H5N3O2/c11-7-5-3-8-4-9-6(5)1-2-10(7)12/h1-4,12H. The van der Waals surface area contributed by atoms with Gasteiger partial charge < -0.3 is 5.21 Å². The zero-order valence-corrected chi connectivity index (χ0v) is 6.01. The molecule has 2 heterocycles. The van der Waals surface area contributed by atoms with Crippen LogP contribution in [0.25, 0.3) is 10.9 Å². The van der Waals surface area contributed by atoms with Gasteiger partial charge in [-0.1, -0.05) is 0 Å². The predicted molar refractivity (Wildman–Crippen MR) is 41.0 cm³/mol. The number of hydrogen-bond acceptors (Lipinski definition) is 4. The van der Waals surface area contributed by atoms with E-state index in [1.807, 2.05) is 0 Å². The summed E-state index contributed by atoms with van der Waals surface area (Å²) in [6.45, 7) is 0. The van der Waals surface area contributed by atoms with Crippen LogP contribution in [0.3, 0.4) is 0 Å². The lowest BCUT2D eigenvalue weighted by Crippen LogP contribution is -2.16. The van der Waals surface area contributed by atoms with E-state index in [1.54, 1.807) is 6.07 Å². The Kier molecular flexibility index (Phi) is 1.30. The molecule has 1 N–H and O–H groups in total. The van der Waals surface area contributed by atoms with Gasteiger partial charge in [-0.3, -0.25) is 4.79 Å². The maximum Gasteiger partial charge on any atom is 0.293 e. The van der Waals surface area contributed by atoms with Gasteiger partial charge in [0.15, 0.2) is 0 Å². The van der Waals surface area contributed by atoms with Gasteiger partial charge in [-0.15, -0.1) is 0 Å². The minimum atomic E-state index is -0.506. The first-order chi connectivity index (χ1) is 5.79. The van der Waals surface area contributed by atoms with E-state index in [0.717, 1.165) is 0 Å². The van der Waals surface area contributed by atoms with Gasteiger partial charge in [0.1, 0.15) is 6.33 Å². The van der Waals surface area contributed by atoms with Crippen molar-refractivity contribution in [3.05, 3.63) is 35.1 Å². The molecule has 0 aromatic carbocycles. The molecule has 12 heavy (non-hydrogen) atoms. The van der Waals surface area contributed by atoms with Gasteiger partial charge in [0, 0.05) is 12.4 Å². The quantitative estimate of drug-likeness (QED) is 0.556. The molecule has 60 valence electrons. The molecule has 2 rings (SSSR count). The van der Waals surface area contributed by atoms with Crippen molar-refractivity contribution in [1.82, 2.24) is 14.7 Å². The van der Waals surface area contributed by atoms with E-state index in [2.05, 4.69) is 9.97 Å². The first kappa shape index (κ1) is 6.78. The van der Waals surface area contributed by atoms with Crippen molar-refractivity contribution in [2.75, 3.05) is 0 Å². The van der Waals surface area contributed by atoms with Crippen molar-refractivity contribution < 1.29 is 5.21 Å². The predicted octanol–water partition coefficient (Wildman–Crippen LogP) is 0.0288. The summed E-state index contributed by atoms with van der Waals surface area (Å²) in [7, 11) is 0. The molecular weight excluding hydrogens is 158 g/mol. The highest BCUT2D eigenvalue weighted by Crippen LogP contribution is 2.00. The van der Waals surface area contributed by atoms with Crippen molar-refractivity contribution in [3.8, 4) is 0 Å². The normalized spacial score (nSPS) is 10.3. The Bertz CT molecular complexity index is 477. The summed E-state index contributed by atoms with van der Waals surface area (Å²) in [5.41, 5.74) is 0.0217. The molecule has 5 heteroatoms. The highest BCUT2D eigenvalue weighted by Gasteiger charge is 2.00. The lowest BCUT2D eigenvalue weighted by Gasteiger charge is -1.96. The summed E-state index contributed by atoms with van der Waals surface area (Å²) in [6.07, 6.45) is 3.97. The van der Waals surface area contributed by atoms with Crippen LogP contribution in [0.2, 0.25) is 0 Å². The van der Waals surface area contributed by atoms with E-state index >= 15 is 0 Å². The summed E-state index contributed by atoms with van der Waals surface area (Å²) in [5, 5.41) is 9.27. The Balaban J connectivity index is 3.01. The van der Waals surface area contributed by atoms with Crippen LogP contribution in [-0.4, -0.2) is 19.9 Å². The van der Waals surface area contributed by atoms with Gasteiger partial charge in [-0.05, 0) is 6.07 Å². The molecule has 0 radical (unpaired) electrons. The minimum absolute atomic E-state index is 0.308. The summed E-state index contributed by atoms with van der Waals surface area (Å²) >= 11 is 0. The Morgan fingerprint density at radius 3 is 3.17 bits per heavy atom. The van der Waals surface area contributed by atoms with Gasteiger partial charge >= 0.3 is 0 Å². The van der Waals surface area contributed by atoms with Crippen LogP contribution in [0.4, 0.5) is 0 Å². The molecule has 0 unspecified atom stereocenters. The number of hydrogen-bond donors (Lipinski definition) is 1. The van der Waals surface area contributed by atoms with E-state index in [-0.39, 0.29) is 0 Å². The summed E-state index contributed by atoms with van der Waals surface area (Å²) in [4.78, 5) is 18.7. The SMILES string of the molecule is O=c1c2cncnc2ccn1O. The molecule has 0 aliphatic rings. The maximum atomic E-state index is 11.2. The van der Waals surface area contributed by atoms with Crippen molar-refractivity contribution in [1.29, 1.82) is 0 Å². The molecule has 5 nitrogen and oxygen atoms in total. The topological polar surface area (TPSA) is 68.0 Å². The number of pyridine rings is 1. The van der Waals surface area contributed by atoms with Crippen LogP contribution < -0.4 is 5.56 Å². The van der Waals surface area contributed by atoms with E-state index < -0.39 is 5.56 Å². The fraction of sp³-hybridized carbons (Fsp3) is 0. The second-order valence-electron chi connectivity index (χ2n) is 2.29. The van der Waals surface area contributed by atoms with Crippen LogP contribution in [0.5, 0.6) is 0 Å². The molecular formula is C7H5N3O2. The first-order valence-electron chi connectivity index (χ1n) is 3.29. The smallest absolute Gasteiger partial charge is 0.293 e. The molecule has 0 saturated carbocycles. The van der Waals surface area contributed by atoms with Gasteiger partial charge in [-0.2, -0.15) is 4.73 Å². The lowest BCUT2D eigenvalue weighted by molar-refractivity contribution is 0.176. The van der Waals surface area contributed by atoms with Crippen LogP contribution >= 0.6 is 0 Å². The number of aromatic nitrogens is 3. The highest BCUT2D eigenvalue weighted by molar-refractivity contribution is 5.75. The van der Waals surface area contributed by atoms with E-state index in [1.165, 1.54) is 18.7 Å². The molecule has 0 bridgehead atoms. The molecule has 0 atom stereocenters. The fourth-order valence-electron chi connectivity index (χ4n) is 0.969. The van der Waals surface area contributed by atoms with Crippen LogP contribution in [0.15, 0.2) is 29.6 Å². The third kappa shape index (κ3) is 0.833. The second kappa shape index (κ2) is 2.30. The second-order valence-corrected chi connectivity index (χ2v) is 2.29. The lowest BCUT2D eigenvalue weighted by atomic mass is 10.3. The van der Waals surface area contributed by atoms with Crippen LogP contribution in [0.1, 0.15) is 0 Å². The molecule has 0 amide bonds. The van der Waals surface area contributed by atoms with Crippen molar-refractivity contribution in [2.24, 2.45) is 0 Å². The Hall–Kier alpha value is -1.91. The Labute approximate surface area is 66.9 Å². The Morgan fingerprint density at radius 2 is 2.33 bits per heavy atom. The van der Waals surface area contributed by atoms with Gasteiger partial charge in [0.2, 0.25) is 0 Å². The monoisotopic (exact) mass is 163 g/mol. The summed E-state index contributed by atoms with van der Waals surface area (Å²) in [6, 6.07) is 1.54. The van der Waals surface area contributed by atoms with Gasteiger partial charge in [-0.25, -0.2) is 9.97 Å². The van der Waals surface area contributed by atoms with Crippen LogP contribution in [-0.2, 0) is 0 Å². The highest BCUT2D eigenvalue weighted by atomic mass is 16.5.